The summed E-state index contributed by atoms with van der Waals surface area (Å²) < 4.78 is 0. The fourth-order valence-corrected chi connectivity index (χ4v) is 2.62. The minimum atomic E-state index is 0.309. The van der Waals surface area contributed by atoms with Crippen molar-refractivity contribution in [3.8, 4) is 0 Å². The molecule has 0 aromatic carbocycles. The average Bonchev–Trinajstić information content (AvgIpc) is 2.73. The molecule has 0 unspecified atom stereocenters. The zero-order chi connectivity index (χ0) is 9.10. The van der Waals surface area contributed by atoms with Crippen LogP contribution in [0.3, 0.4) is 0 Å². The van der Waals surface area contributed by atoms with Gasteiger partial charge in [-0.25, -0.2) is 0 Å². The van der Waals surface area contributed by atoms with E-state index in [1.165, 1.54) is 12.8 Å². The lowest BCUT2D eigenvalue weighted by Gasteiger charge is -2.18. The Kier molecular flexibility index (Phi) is 3.01. The summed E-state index contributed by atoms with van der Waals surface area (Å²) in [6, 6.07) is 0. The molecule has 2 bridgehead atoms. The van der Waals surface area contributed by atoms with Gasteiger partial charge in [-0.2, -0.15) is 0 Å². The monoisotopic (exact) mass is 181 g/mol. The molecule has 13 heavy (non-hydrogen) atoms. The maximum atomic E-state index is 8.61. The molecule has 2 heteroatoms. The van der Waals surface area contributed by atoms with Crippen molar-refractivity contribution in [2.24, 2.45) is 17.8 Å². The fourth-order valence-electron chi connectivity index (χ4n) is 2.62. The molecule has 2 rings (SSSR count). The number of nitrogens with one attached hydrogen (secondary N) is 1. The van der Waals surface area contributed by atoms with E-state index in [-0.39, 0.29) is 0 Å². The van der Waals surface area contributed by atoms with Gasteiger partial charge in [0.15, 0.2) is 0 Å². The number of fused-ring (bicyclic) bond motifs is 2. The van der Waals surface area contributed by atoms with Crippen LogP contribution in [-0.2, 0) is 0 Å². The van der Waals surface area contributed by atoms with Gasteiger partial charge in [0.25, 0.3) is 0 Å². The van der Waals surface area contributed by atoms with Crippen LogP contribution < -0.4 is 5.32 Å². The molecule has 0 aromatic rings. The quantitative estimate of drug-likeness (QED) is 0.493. The molecule has 2 N–H and O–H groups in total. The summed E-state index contributed by atoms with van der Waals surface area (Å²) in [5, 5.41) is 12.0. The standard InChI is InChI=1S/C11H19NO/c13-5-1-4-12-8-11-7-9-2-3-10(11)6-9/h2-3,9-13H,1,4-8H2/t9-,10-,11-/m1/s1. The molecular formula is C11H19NO. The average molecular weight is 181 g/mol. The van der Waals surface area contributed by atoms with Crippen LogP contribution in [0.2, 0.25) is 0 Å². The molecule has 74 valence electrons. The maximum Gasteiger partial charge on any atom is 0.0443 e. The molecule has 2 nitrogen and oxygen atoms in total. The van der Waals surface area contributed by atoms with Gasteiger partial charge in [0.05, 0.1) is 0 Å². The van der Waals surface area contributed by atoms with E-state index in [4.69, 9.17) is 5.11 Å². The predicted molar refractivity (Wildman–Crippen MR) is 53.4 cm³/mol. The van der Waals surface area contributed by atoms with Gasteiger partial charge in [-0.3, -0.25) is 0 Å². The minimum absolute atomic E-state index is 0.309. The highest BCUT2D eigenvalue weighted by atomic mass is 16.3. The van der Waals surface area contributed by atoms with Gasteiger partial charge in [-0.1, -0.05) is 12.2 Å². The second kappa shape index (κ2) is 4.25. The van der Waals surface area contributed by atoms with Crippen LogP contribution >= 0.6 is 0 Å². The molecule has 1 saturated carbocycles. The largest absolute Gasteiger partial charge is 0.396 e. The van der Waals surface area contributed by atoms with Crippen LogP contribution in [0.25, 0.3) is 0 Å². The Labute approximate surface area is 80.0 Å². The Morgan fingerprint density at radius 3 is 2.85 bits per heavy atom. The second-order valence-electron chi connectivity index (χ2n) is 4.32. The zero-order valence-corrected chi connectivity index (χ0v) is 8.08. The van der Waals surface area contributed by atoms with Gasteiger partial charge >= 0.3 is 0 Å². The first kappa shape index (κ1) is 9.22. The highest BCUT2D eigenvalue weighted by Crippen LogP contribution is 2.42. The number of aliphatic hydroxyl groups is 1. The van der Waals surface area contributed by atoms with E-state index >= 15 is 0 Å². The normalized spacial score (nSPS) is 35.9. The number of rotatable bonds is 5. The first-order valence-electron chi connectivity index (χ1n) is 5.40. The molecule has 3 atom stereocenters. The third-order valence-corrected chi connectivity index (χ3v) is 3.33. The van der Waals surface area contributed by atoms with E-state index in [1.54, 1.807) is 0 Å². The number of hydrogen-bond donors (Lipinski definition) is 2. The maximum absolute atomic E-state index is 8.61. The molecule has 2 aliphatic rings. The van der Waals surface area contributed by atoms with Gasteiger partial charge in [-0.15, -0.1) is 0 Å². The Bertz CT molecular complexity index is 191. The lowest BCUT2D eigenvalue weighted by Crippen LogP contribution is -2.26. The second-order valence-corrected chi connectivity index (χ2v) is 4.32. The molecule has 2 aliphatic carbocycles. The molecule has 0 heterocycles. The van der Waals surface area contributed by atoms with E-state index in [9.17, 15) is 0 Å². The van der Waals surface area contributed by atoms with E-state index in [1.807, 2.05) is 0 Å². The summed E-state index contributed by atoms with van der Waals surface area (Å²) in [7, 11) is 0. The molecule has 0 amide bonds. The Morgan fingerprint density at radius 1 is 1.31 bits per heavy atom. The Balaban J connectivity index is 1.64. The summed E-state index contributed by atoms with van der Waals surface area (Å²) >= 11 is 0. The van der Waals surface area contributed by atoms with E-state index in [2.05, 4.69) is 17.5 Å². The predicted octanol–water partition coefficient (Wildman–Crippen LogP) is 1.17. The summed E-state index contributed by atoms with van der Waals surface area (Å²) in [6.07, 6.45) is 8.44. The van der Waals surface area contributed by atoms with Crippen molar-refractivity contribution in [3.05, 3.63) is 12.2 Å². The topological polar surface area (TPSA) is 32.3 Å². The lowest BCUT2D eigenvalue weighted by atomic mass is 9.94. The van der Waals surface area contributed by atoms with Crippen molar-refractivity contribution in [2.45, 2.75) is 19.3 Å². The van der Waals surface area contributed by atoms with E-state index in [0.29, 0.717) is 6.61 Å². The smallest absolute Gasteiger partial charge is 0.0443 e. The van der Waals surface area contributed by atoms with Crippen molar-refractivity contribution in [1.29, 1.82) is 0 Å². The zero-order valence-electron chi connectivity index (χ0n) is 8.08. The SMILES string of the molecule is OCCCNC[C@H]1C[C@@H]2C=C[C@@H]1C2. The third kappa shape index (κ3) is 2.12. The highest BCUT2D eigenvalue weighted by molar-refractivity contribution is 5.10. The summed E-state index contributed by atoms with van der Waals surface area (Å²) in [4.78, 5) is 0. The van der Waals surface area contributed by atoms with Crippen molar-refractivity contribution in [3.63, 3.8) is 0 Å². The molecule has 0 spiro atoms. The highest BCUT2D eigenvalue weighted by Gasteiger charge is 2.34. The van der Waals surface area contributed by atoms with Gasteiger partial charge in [-0.05, 0) is 50.1 Å². The number of allylic oxidation sites excluding steroid dienone is 2. The van der Waals surface area contributed by atoms with Gasteiger partial charge in [0, 0.05) is 6.61 Å². The Hall–Kier alpha value is -0.340. The van der Waals surface area contributed by atoms with Crippen molar-refractivity contribution >= 4 is 0 Å². The van der Waals surface area contributed by atoms with Crippen molar-refractivity contribution < 1.29 is 5.11 Å². The van der Waals surface area contributed by atoms with Crippen LogP contribution in [0.15, 0.2) is 12.2 Å². The van der Waals surface area contributed by atoms with Gasteiger partial charge < -0.3 is 10.4 Å². The number of aliphatic hydroxyl groups excluding tert-OH is 1. The molecule has 0 aliphatic heterocycles. The van der Waals surface area contributed by atoms with Gasteiger partial charge in [0.2, 0.25) is 0 Å². The van der Waals surface area contributed by atoms with Crippen LogP contribution in [0.5, 0.6) is 0 Å². The third-order valence-electron chi connectivity index (χ3n) is 3.33. The van der Waals surface area contributed by atoms with Crippen molar-refractivity contribution in [2.75, 3.05) is 19.7 Å². The summed E-state index contributed by atoms with van der Waals surface area (Å²) in [5.41, 5.74) is 0. The van der Waals surface area contributed by atoms with Crippen LogP contribution in [0.1, 0.15) is 19.3 Å². The van der Waals surface area contributed by atoms with Crippen LogP contribution in [-0.4, -0.2) is 24.8 Å². The summed E-state index contributed by atoms with van der Waals surface area (Å²) in [6.45, 7) is 2.42. The fraction of sp³-hybridized carbons (Fsp3) is 0.818. The molecule has 0 saturated heterocycles. The summed E-state index contributed by atoms with van der Waals surface area (Å²) in [5.74, 6) is 2.61. The lowest BCUT2D eigenvalue weighted by molar-refractivity contribution is 0.283. The minimum Gasteiger partial charge on any atom is -0.396 e. The van der Waals surface area contributed by atoms with E-state index < -0.39 is 0 Å². The molecule has 1 fully saturated rings. The molecule has 0 aromatic heterocycles. The first-order valence-corrected chi connectivity index (χ1v) is 5.40. The Morgan fingerprint density at radius 2 is 2.23 bits per heavy atom. The van der Waals surface area contributed by atoms with Crippen LogP contribution in [0, 0.1) is 17.8 Å². The molecular weight excluding hydrogens is 162 g/mol. The van der Waals surface area contributed by atoms with Crippen LogP contribution in [0.4, 0.5) is 0 Å². The van der Waals surface area contributed by atoms with Crippen molar-refractivity contribution in [1.82, 2.24) is 5.32 Å². The van der Waals surface area contributed by atoms with E-state index in [0.717, 1.165) is 37.3 Å². The first-order chi connectivity index (χ1) is 6.40. The molecule has 0 radical (unpaired) electrons. The number of hydrogen-bond acceptors (Lipinski definition) is 2. The van der Waals surface area contributed by atoms with Gasteiger partial charge in [0.1, 0.15) is 0 Å².